The lowest BCUT2D eigenvalue weighted by atomic mass is 9.81. The van der Waals surface area contributed by atoms with Gasteiger partial charge in [-0.3, -0.25) is 34.2 Å². The minimum atomic E-state index is -1.02. The number of fused-ring (bicyclic) bond motifs is 2. The average molecular weight is 879 g/mol. The first-order valence-corrected chi connectivity index (χ1v) is 21.6. The predicted molar refractivity (Wildman–Crippen MR) is 228 cm³/mol. The minimum absolute atomic E-state index is 0.0588. The summed E-state index contributed by atoms with van der Waals surface area (Å²) in [5, 5.41) is 26.3. The maximum atomic E-state index is 13.3. The van der Waals surface area contributed by atoms with Crippen LogP contribution < -0.4 is 21.3 Å². The molecule has 2 aliphatic heterocycles. The summed E-state index contributed by atoms with van der Waals surface area (Å²) in [6, 6.07) is 9.90. The van der Waals surface area contributed by atoms with Gasteiger partial charge in [0.15, 0.2) is 11.5 Å². The van der Waals surface area contributed by atoms with Gasteiger partial charge in [-0.2, -0.15) is 15.0 Å². The van der Waals surface area contributed by atoms with Gasteiger partial charge < -0.3 is 39.6 Å². The van der Waals surface area contributed by atoms with Crippen molar-refractivity contribution < 1.29 is 47.7 Å². The summed E-state index contributed by atoms with van der Waals surface area (Å²) in [4.78, 5) is 73.3. The molecule has 1 saturated heterocycles. The van der Waals surface area contributed by atoms with E-state index >= 15 is 0 Å². The third-order valence-corrected chi connectivity index (χ3v) is 11.3. The zero-order chi connectivity index (χ0) is 44.4. The Labute approximate surface area is 368 Å². The number of ether oxygens (including phenoxy) is 5. The summed E-state index contributed by atoms with van der Waals surface area (Å²) in [6.45, 7) is 4.63. The van der Waals surface area contributed by atoms with E-state index in [1.165, 1.54) is 6.20 Å². The van der Waals surface area contributed by atoms with E-state index in [0.29, 0.717) is 119 Å². The van der Waals surface area contributed by atoms with Gasteiger partial charge in [-0.15, -0.1) is 0 Å². The van der Waals surface area contributed by atoms with E-state index < -0.39 is 29.7 Å². The molecule has 5 heterocycles. The molecule has 4 N–H and O–H groups in total. The number of nitriles is 1. The van der Waals surface area contributed by atoms with Gasteiger partial charge in [-0.05, 0) is 56.2 Å². The monoisotopic (exact) mass is 878 g/mol. The van der Waals surface area contributed by atoms with Crippen LogP contribution in [0, 0.1) is 17.2 Å². The SMILES string of the molecule is N#Cc1cnc2c(cnn2-c2cc(NC3CC3)c(C(=O)N[C@H]3C[C@H](COCCOCCOCCOCCOCCNc4cccc5c4C(=O)N(C4CCC(=O)NC4=O)C5=O)C3)cn2)c1. The Morgan fingerprint density at radius 2 is 1.53 bits per heavy atom. The van der Waals surface area contributed by atoms with E-state index in [-0.39, 0.29) is 35.9 Å². The second-order valence-electron chi connectivity index (χ2n) is 15.9. The topological polar surface area (TPSA) is 250 Å². The number of amides is 5. The Morgan fingerprint density at radius 1 is 0.812 bits per heavy atom. The molecular weight excluding hydrogens is 829 g/mol. The number of carbonyl (C=O) groups is 5. The number of imide groups is 2. The van der Waals surface area contributed by atoms with Crippen LogP contribution in [0.5, 0.6) is 0 Å². The van der Waals surface area contributed by atoms with Crippen molar-refractivity contribution in [3.8, 4) is 11.9 Å². The largest absolute Gasteiger partial charge is 0.382 e. The van der Waals surface area contributed by atoms with Gasteiger partial charge in [0.05, 0.1) is 93.6 Å². The number of nitrogens with one attached hydrogen (secondary N) is 4. The van der Waals surface area contributed by atoms with Crippen LogP contribution in [-0.4, -0.2) is 145 Å². The summed E-state index contributed by atoms with van der Waals surface area (Å²) >= 11 is 0. The second kappa shape index (κ2) is 20.9. The van der Waals surface area contributed by atoms with Crippen LogP contribution in [0.3, 0.4) is 0 Å². The van der Waals surface area contributed by atoms with E-state index in [9.17, 15) is 29.2 Å². The van der Waals surface area contributed by atoms with Crippen molar-refractivity contribution in [1.29, 1.82) is 5.26 Å². The number of rotatable bonds is 24. The quantitative estimate of drug-likeness (QED) is 0.0583. The Balaban J connectivity index is 0.623. The smallest absolute Gasteiger partial charge is 0.264 e. The van der Waals surface area contributed by atoms with Gasteiger partial charge in [0.1, 0.15) is 12.1 Å². The van der Waals surface area contributed by atoms with Gasteiger partial charge in [0.25, 0.3) is 17.7 Å². The number of piperidine rings is 1. The standard InChI is InChI=1S/C44H50N10O10/c45-22-28-18-29-24-49-54(40(29)48-23-28)37-21-35(50-30-4-5-30)33(25-47-37)41(56)51-31-19-27(20-31)26-64-17-16-63-15-14-62-13-12-61-11-10-60-9-8-46-34-3-1-2-32-39(34)44(59)53(43(32)58)36-6-7-38(55)52-42(36)57/h1-3,18,21,23-25,27,30-31,36,46H,4-17,19-20,26H2,(H,47,50)(H,51,56)(H,52,55,57)/t27-,31-,36?. The highest BCUT2D eigenvalue weighted by Gasteiger charge is 2.45. The molecule has 1 unspecified atom stereocenters. The van der Waals surface area contributed by atoms with Crippen molar-refractivity contribution in [2.75, 3.05) is 83.2 Å². The Kier molecular flexibility index (Phi) is 14.4. The Bertz CT molecular complexity index is 2410. The van der Waals surface area contributed by atoms with Crippen LogP contribution in [0.15, 0.2) is 48.9 Å². The Morgan fingerprint density at radius 3 is 2.23 bits per heavy atom. The molecule has 20 nitrogen and oxygen atoms in total. The highest BCUT2D eigenvalue weighted by atomic mass is 16.6. The van der Waals surface area contributed by atoms with Crippen LogP contribution in [0.4, 0.5) is 11.4 Å². The number of nitrogens with zero attached hydrogens (tertiary/aromatic N) is 6. The lowest BCUT2D eigenvalue weighted by Gasteiger charge is -2.35. The lowest BCUT2D eigenvalue weighted by Crippen LogP contribution is -2.54. The Hall–Kier alpha value is -6.37. The first-order chi connectivity index (χ1) is 31.3. The normalized spacial score (nSPS) is 19.3. The first-order valence-electron chi connectivity index (χ1n) is 21.6. The van der Waals surface area contributed by atoms with Gasteiger partial charge in [-0.1, -0.05) is 6.07 Å². The summed E-state index contributed by atoms with van der Waals surface area (Å²) in [7, 11) is 0. The number of pyridine rings is 2. The molecule has 0 spiro atoms. The fourth-order valence-electron chi connectivity index (χ4n) is 7.76. The number of hydrogen-bond donors (Lipinski definition) is 4. The molecule has 2 aliphatic carbocycles. The van der Waals surface area contributed by atoms with Crippen LogP contribution >= 0.6 is 0 Å². The summed E-state index contributed by atoms with van der Waals surface area (Å²) in [5.41, 5.74) is 3.09. The van der Waals surface area contributed by atoms with Crippen molar-refractivity contribution in [2.45, 2.75) is 56.7 Å². The maximum Gasteiger partial charge on any atom is 0.264 e. The molecule has 0 radical (unpaired) electrons. The fourth-order valence-corrected chi connectivity index (χ4v) is 7.76. The minimum Gasteiger partial charge on any atom is -0.382 e. The first kappa shape index (κ1) is 44.2. The number of carbonyl (C=O) groups excluding carboxylic acids is 5. The van der Waals surface area contributed by atoms with Crippen LogP contribution in [0.25, 0.3) is 16.9 Å². The van der Waals surface area contributed by atoms with E-state index in [1.807, 2.05) is 6.07 Å². The van der Waals surface area contributed by atoms with E-state index in [2.05, 4.69) is 42.4 Å². The highest BCUT2D eigenvalue weighted by molar-refractivity contribution is 6.25. The van der Waals surface area contributed by atoms with E-state index in [0.717, 1.165) is 36.0 Å². The molecule has 1 atom stereocenters. The van der Waals surface area contributed by atoms with Gasteiger partial charge in [-0.25, -0.2) is 9.97 Å². The molecule has 20 heteroatoms. The van der Waals surface area contributed by atoms with Crippen molar-refractivity contribution in [3.05, 3.63) is 71.2 Å². The molecule has 5 amide bonds. The van der Waals surface area contributed by atoms with E-state index in [4.69, 9.17) is 23.7 Å². The number of benzene rings is 1. The molecule has 336 valence electrons. The summed E-state index contributed by atoms with van der Waals surface area (Å²) in [6.07, 6.45) is 8.62. The molecule has 0 bridgehead atoms. The second-order valence-corrected chi connectivity index (χ2v) is 15.9. The highest BCUT2D eigenvalue weighted by Crippen LogP contribution is 2.33. The van der Waals surface area contributed by atoms with Crippen molar-refractivity contribution >= 4 is 51.9 Å². The molecule has 2 saturated carbocycles. The molecule has 3 aromatic heterocycles. The third-order valence-electron chi connectivity index (χ3n) is 11.3. The fraction of sp³-hybridized carbons (Fsp3) is 0.477. The lowest BCUT2D eigenvalue weighted by molar-refractivity contribution is -0.136. The summed E-state index contributed by atoms with van der Waals surface area (Å²) in [5.74, 6) is -1.48. The van der Waals surface area contributed by atoms with Gasteiger partial charge in [0, 0.05) is 61.2 Å². The molecule has 4 aromatic rings. The van der Waals surface area contributed by atoms with Crippen molar-refractivity contribution in [2.24, 2.45) is 5.92 Å². The van der Waals surface area contributed by atoms with E-state index in [1.54, 1.807) is 41.3 Å². The predicted octanol–water partition coefficient (Wildman–Crippen LogP) is 2.37. The number of anilines is 2. The molecule has 1 aromatic carbocycles. The van der Waals surface area contributed by atoms with Crippen molar-refractivity contribution in [3.63, 3.8) is 0 Å². The molecule has 8 rings (SSSR count). The average Bonchev–Trinajstić information content (AvgIpc) is 3.94. The van der Waals surface area contributed by atoms with Crippen LogP contribution in [-0.2, 0) is 33.3 Å². The molecule has 3 fully saturated rings. The van der Waals surface area contributed by atoms with Gasteiger partial charge >= 0.3 is 0 Å². The zero-order valence-electron chi connectivity index (χ0n) is 35.2. The third kappa shape index (κ3) is 10.7. The molecule has 64 heavy (non-hydrogen) atoms. The van der Waals surface area contributed by atoms with Crippen molar-refractivity contribution in [1.82, 2.24) is 35.3 Å². The molecule has 4 aliphatic rings. The van der Waals surface area contributed by atoms with Gasteiger partial charge in [0.2, 0.25) is 11.8 Å². The summed E-state index contributed by atoms with van der Waals surface area (Å²) < 4.78 is 29.8. The zero-order valence-corrected chi connectivity index (χ0v) is 35.2. The molecular formula is C44H50N10O10. The maximum absolute atomic E-state index is 13.3. The van der Waals surface area contributed by atoms with Crippen LogP contribution in [0.1, 0.15) is 75.2 Å². The number of aromatic nitrogens is 4. The van der Waals surface area contributed by atoms with Crippen LogP contribution in [0.2, 0.25) is 0 Å². The number of hydrogen-bond acceptors (Lipinski definition) is 16.